The lowest BCUT2D eigenvalue weighted by molar-refractivity contribution is -0.251. The van der Waals surface area contributed by atoms with E-state index in [-0.39, 0.29) is 10.2 Å². The van der Waals surface area contributed by atoms with Crippen molar-refractivity contribution in [3.8, 4) is 34.2 Å². The van der Waals surface area contributed by atoms with E-state index in [4.69, 9.17) is 33.3 Å². The number of halogens is 1. The molecule has 0 radical (unpaired) electrons. The standard InChI is InChI=1S/C25H23ClN2O6S/c1-33-16-8-4-13(5-9-16)17-10-19(14-2-6-15(26)7-3-14)28(25(35)18(17)11-27)24-23(32)22(31)21(30)20(12-29)34-24/h2-10,20-24,29-32H,12H2,1H3/t20-,21+,22+,23-,24-/m0/s1. The van der Waals surface area contributed by atoms with Crippen LogP contribution in [0.1, 0.15) is 11.8 Å². The average Bonchev–Trinajstić information content (AvgIpc) is 2.88. The van der Waals surface area contributed by atoms with Crippen molar-refractivity contribution >= 4 is 23.8 Å². The van der Waals surface area contributed by atoms with Crippen LogP contribution >= 0.6 is 23.8 Å². The molecular weight excluding hydrogens is 492 g/mol. The van der Waals surface area contributed by atoms with E-state index in [1.165, 1.54) is 4.57 Å². The van der Waals surface area contributed by atoms with Crippen molar-refractivity contribution in [2.75, 3.05) is 13.7 Å². The van der Waals surface area contributed by atoms with E-state index in [0.29, 0.717) is 33.2 Å². The quantitative estimate of drug-likeness (QED) is 0.382. The van der Waals surface area contributed by atoms with Crippen LogP contribution in [0.3, 0.4) is 0 Å². The number of aliphatic hydroxyl groups is 4. The van der Waals surface area contributed by atoms with Gasteiger partial charge in [0.05, 0.1) is 25.0 Å². The summed E-state index contributed by atoms with van der Waals surface area (Å²) in [4.78, 5) is 0. The second-order valence-corrected chi connectivity index (χ2v) is 8.88. The molecule has 1 aliphatic heterocycles. The van der Waals surface area contributed by atoms with Gasteiger partial charge in [-0.3, -0.25) is 0 Å². The summed E-state index contributed by atoms with van der Waals surface area (Å²) in [6.07, 6.45) is -7.18. The van der Waals surface area contributed by atoms with Gasteiger partial charge in [-0.15, -0.1) is 0 Å². The minimum absolute atomic E-state index is 0.0510. The zero-order valence-electron chi connectivity index (χ0n) is 18.6. The van der Waals surface area contributed by atoms with Crippen molar-refractivity contribution in [3.05, 3.63) is 69.8 Å². The van der Waals surface area contributed by atoms with Gasteiger partial charge in [-0.1, -0.05) is 48.1 Å². The summed E-state index contributed by atoms with van der Waals surface area (Å²) in [6.45, 7) is -0.597. The maximum absolute atomic E-state index is 10.8. The Morgan fingerprint density at radius 1 is 1.03 bits per heavy atom. The van der Waals surface area contributed by atoms with Gasteiger partial charge in [-0.25, -0.2) is 0 Å². The summed E-state index contributed by atoms with van der Waals surface area (Å²) in [5.41, 5.74) is 2.54. The van der Waals surface area contributed by atoms with Gasteiger partial charge >= 0.3 is 0 Å². The Balaban J connectivity index is 1.99. The van der Waals surface area contributed by atoms with Gasteiger partial charge in [0.2, 0.25) is 0 Å². The number of hydrogen-bond acceptors (Lipinski definition) is 8. The first kappa shape index (κ1) is 25.3. The second-order valence-electron chi connectivity index (χ2n) is 8.06. The van der Waals surface area contributed by atoms with E-state index in [9.17, 15) is 25.7 Å². The topological polar surface area (TPSA) is 128 Å². The van der Waals surface area contributed by atoms with Crippen LogP contribution in [-0.4, -0.2) is 63.1 Å². The number of rotatable bonds is 5. The van der Waals surface area contributed by atoms with Gasteiger partial charge in [-0.2, -0.15) is 5.26 Å². The smallest absolute Gasteiger partial charge is 0.164 e. The van der Waals surface area contributed by atoms with E-state index < -0.39 is 37.3 Å². The molecule has 0 spiro atoms. The number of methoxy groups -OCH3 is 1. The largest absolute Gasteiger partial charge is 0.497 e. The van der Waals surface area contributed by atoms with Crippen LogP contribution in [0.25, 0.3) is 22.4 Å². The number of pyridine rings is 1. The lowest BCUT2D eigenvalue weighted by Gasteiger charge is -2.41. The van der Waals surface area contributed by atoms with Crippen LogP contribution in [-0.2, 0) is 4.74 Å². The molecule has 0 amide bonds. The third-order valence-electron chi connectivity index (χ3n) is 6.02. The van der Waals surface area contributed by atoms with Gasteiger partial charge in [0.15, 0.2) is 6.23 Å². The Hall–Kier alpha value is -2.81. The average molecular weight is 515 g/mol. The Labute approximate surface area is 211 Å². The highest BCUT2D eigenvalue weighted by atomic mass is 35.5. The minimum atomic E-state index is -1.61. The van der Waals surface area contributed by atoms with Crippen molar-refractivity contribution in [2.24, 2.45) is 0 Å². The predicted molar refractivity (Wildman–Crippen MR) is 131 cm³/mol. The first-order chi connectivity index (χ1) is 16.8. The highest BCUT2D eigenvalue weighted by Crippen LogP contribution is 2.37. The minimum Gasteiger partial charge on any atom is -0.497 e. The molecular formula is C25H23ClN2O6S. The van der Waals surface area contributed by atoms with Crippen molar-refractivity contribution in [1.82, 2.24) is 4.57 Å². The molecule has 35 heavy (non-hydrogen) atoms. The fourth-order valence-electron chi connectivity index (χ4n) is 4.12. The molecule has 4 rings (SSSR count). The van der Waals surface area contributed by atoms with Crippen LogP contribution in [0.15, 0.2) is 54.6 Å². The van der Waals surface area contributed by atoms with Crippen LogP contribution in [0.5, 0.6) is 5.75 Å². The van der Waals surface area contributed by atoms with Crippen molar-refractivity contribution in [3.63, 3.8) is 0 Å². The van der Waals surface area contributed by atoms with Crippen LogP contribution in [0.2, 0.25) is 5.02 Å². The fourth-order valence-corrected chi connectivity index (χ4v) is 4.60. The predicted octanol–water partition coefficient (Wildman–Crippen LogP) is 3.06. The summed E-state index contributed by atoms with van der Waals surface area (Å²) in [6, 6.07) is 17.9. The number of ether oxygens (including phenoxy) is 2. The molecule has 10 heteroatoms. The van der Waals surface area contributed by atoms with Gasteiger partial charge in [0.25, 0.3) is 0 Å². The fraction of sp³-hybridized carbons (Fsp3) is 0.280. The third kappa shape index (κ3) is 4.70. The van der Waals surface area contributed by atoms with Gasteiger partial charge in [0, 0.05) is 10.6 Å². The highest BCUT2D eigenvalue weighted by Gasteiger charge is 2.45. The molecule has 0 aliphatic carbocycles. The van der Waals surface area contributed by atoms with E-state index in [2.05, 4.69) is 6.07 Å². The molecule has 4 N–H and O–H groups in total. The molecule has 1 saturated heterocycles. The number of aliphatic hydroxyl groups excluding tert-OH is 4. The molecule has 5 atom stereocenters. The van der Waals surface area contributed by atoms with Crippen molar-refractivity contribution in [1.29, 1.82) is 5.26 Å². The number of hydrogen-bond donors (Lipinski definition) is 4. The summed E-state index contributed by atoms with van der Waals surface area (Å²) in [5, 5.41) is 51.7. The monoisotopic (exact) mass is 514 g/mol. The number of nitriles is 1. The molecule has 0 saturated carbocycles. The first-order valence-corrected chi connectivity index (χ1v) is 11.5. The first-order valence-electron chi connectivity index (χ1n) is 10.7. The molecule has 1 aromatic heterocycles. The van der Waals surface area contributed by atoms with E-state index in [1.807, 2.05) is 0 Å². The SMILES string of the molecule is COc1ccc(-c2cc(-c3ccc(Cl)cc3)n([C@H]3O[C@@H](CO)[C@@H](O)[C@@H](O)[C@@H]3O)c(=S)c2C#N)cc1. The van der Waals surface area contributed by atoms with Gasteiger partial charge in [-0.05, 0) is 41.5 Å². The Kier molecular flexibility index (Phi) is 7.54. The van der Waals surface area contributed by atoms with Crippen LogP contribution < -0.4 is 4.74 Å². The molecule has 8 nitrogen and oxygen atoms in total. The lowest BCUT2D eigenvalue weighted by Crippen LogP contribution is -2.56. The van der Waals surface area contributed by atoms with E-state index in [1.54, 1.807) is 61.7 Å². The second kappa shape index (κ2) is 10.4. The third-order valence-corrected chi connectivity index (χ3v) is 6.67. The Bertz CT molecular complexity index is 1300. The molecule has 2 aromatic carbocycles. The zero-order chi connectivity index (χ0) is 25.3. The van der Waals surface area contributed by atoms with Crippen molar-refractivity contribution < 1.29 is 29.9 Å². The maximum Gasteiger partial charge on any atom is 0.164 e. The summed E-state index contributed by atoms with van der Waals surface area (Å²) in [7, 11) is 1.56. The summed E-state index contributed by atoms with van der Waals surface area (Å²) < 4.78 is 12.5. The summed E-state index contributed by atoms with van der Waals surface area (Å²) >= 11 is 11.8. The Morgan fingerprint density at radius 2 is 1.66 bits per heavy atom. The molecule has 3 aromatic rings. The van der Waals surface area contributed by atoms with Gasteiger partial charge < -0.3 is 34.5 Å². The van der Waals surface area contributed by atoms with Gasteiger partial charge in [0.1, 0.15) is 40.9 Å². The lowest BCUT2D eigenvalue weighted by atomic mass is 9.95. The normalized spacial score (nSPS) is 24.1. The number of nitrogens with zero attached hydrogens (tertiary/aromatic N) is 2. The molecule has 0 unspecified atom stereocenters. The molecule has 1 aliphatic rings. The molecule has 2 heterocycles. The van der Waals surface area contributed by atoms with Crippen molar-refractivity contribution in [2.45, 2.75) is 30.6 Å². The molecule has 1 fully saturated rings. The zero-order valence-corrected chi connectivity index (χ0v) is 20.1. The van der Waals surface area contributed by atoms with Crippen LogP contribution in [0, 0.1) is 16.0 Å². The number of aromatic nitrogens is 1. The molecule has 0 bridgehead atoms. The van der Waals surface area contributed by atoms with Crippen LogP contribution in [0.4, 0.5) is 0 Å². The molecule has 182 valence electrons. The van der Waals surface area contributed by atoms with E-state index >= 15 is 0 Å². The Morgan fingerprint density at radius 3 is 2.23 bits per heavy atom. The highest BCUT2D eigenvalue weighted by molar-refractivity contribution is 7.71. The maximum atomic E-state index is 10.8. The van der Waals surface area contributed by atoms with E-state index in [0.717, 1.165) is 0 Å². The number of benzene rings is 2. The summed E-state index contributed by atoms with van der Waals surface area (Å²) in [5.74, 6) is 0.649.